The molecule has 0 nitrogen and oxygen atoms in total. The molecule has 0 spiro atoms. The van der Waals surface area contributed by atoms with Gasteiger partial charge in [-0.05, 0) is 25.0 Å². The summed E-state index contributed by atoms with van der Waals surface area (Å²) in [6, 6.07) is 8.36. The summed E-state index contributed by atoms with van der Waals surface area (Å²) in [5.74, 6) is 2.43. The molecule has 0 saturated heterocycles. The molecule has 0 saturated carbocycles. The highest BCUT2D eigenvalue weighted by Gasteiger charge is 1.83. The van der Waals surface area contributed by atoms with Crippen molar-refractivity contribution < 1.29 is 0 Å². The van der Waals surface area contributed by atoms with Crippen LogP contribution in [0.15, 0.2) is 24.3 Å². The predicted molar refractivity (Wildman–Crippen MR) is 55.0 cm³/mol. The number of rotatable bonds is 0. The van der Waals surface area contributed by atoms with Gasteiger partial charge < -0.3 is 0 Å². The molecule has 0 aliphatic rings. The molecule has 12 heavy (non-hydrogen) atoms. The van der Waals surface area contributed by atoms with Gasteiger partial charge in [0.15, 0.2) is 0 Å². The Morgan fingerprint density at radius 3 is 1.67 bits per heavy atom. The summed E-state index contributed by atoms with van der Waals surface area (Å²) in [6.45, 7) is 6.19. The maximum atomic E-state index is 4.78. The highest BCUT2D eigenvalue weighted by atomic mass is 13.9. The van der Waals surface area contributed by atoms with Crippen LogP contribution in [0.3, 0.4) is 0 Å². The van der Waals surface area contributed by atoms with Gasteiger partial charge in [-0.25, -0.2) is 0 Å². The summed E-state index contributed by atoms with van der Waals surface area (Å²) >= 11 is 0. The van der Waals surface area contributed by atoms with E-state index in [1.807, 2.05) is 6.92 Å². The van der Waals surface area contributed by atoms with Crippen LogP contribution >= 0.6 is 0 Å². The molecule has 0 aliphatic carbocycles. The number of hydrogen-bond donors (Lipinski definition) is 0. The van der Waals surface area contributed by atoms with E-state index in [-0.39, 0.29) is 0 Å². The quantitative estimate of drug-likeness (QED) is 0.511. The molecule has 0 amide bonds. The second kappa shape index (κ2) is 6.49. The third kappa shape index (κ3) is 4.57. The zero-order valence-electron chi connectivity index (χ0n) is 8.09. The topological polar surface area (TPSA) is 0 Å². The fourth-order valence-corrected chi connectivity index (χ4v) is 0.663. The van der Waals surface area contributed by atoms with Crippen LogP contribution in [0, 0.1) is 26.2 Å². The van der Waals surface area contributed by atoms with Crippen molar-refractivity contribution in [1.29, 1.82) is 0 Å². The minimum atomic E-state index is 0.847. The summed E-state index contributed by atoms with van der Waals surface area (Å²) in [4.78, 5) is 0. The van der Waals surface area contributed by atoms with Crippen molar-refractivity contribution >= 4 is 0 Å². The van der Waals surface area contributed by atoms with Crippen LogP contribution in [0.5, 0.6) is 0 Å². The lowest BCUT2D eigenvalue weighted by Gasteiger charge is -1.93. The van der Waals surface area contributed by atoms with Gasteiger partial charge in [0.1, 0.15) is 0 Å². The summed E-state index contributed by atoms with van der Waals surface area (Å²) in [5, 5.41) is 0. The molecule has 0 radical (unpaired) electrons. The van der Waals surface area contributed by atoms with E-state index < -0.39 is 0 Å². The van der Waals surface area contributed by atoms with E-state index in [1.165, 1.54) is 11.1 Å². The molecular formula is C12H16. The van der Waals surface area contributed by atoms with Crippen LogP contribution in [0.25, 0.3) is 0 Å². The molecule has 0 aliphatic heterocycles. The Bertz CT molecular complexity index is 232. The van der Waals surface area contributed by atoms with E-state index in [0.717, 1.165) is 6.42 Å². The van der Waals surface area contributed by atoms with Gasteiger partial charge in [0.2, 0.25) is 0 Å². The Morgan fingerprint density at radius 2 is 1.50 bits per heavy atom. The minimum absolute atomic E-state index is 0.847. The average molecular weight is 160 g/mol. The van der Waals surface area contributed by atoms with E-state index >= 15 is 0 Å². The molecule has 0 atom stereocenters. The van der Waals surface area contributed by atoms with Crippen LogP contribution in [-0.4, -0.2) is 0 Å². The first-order valence-corrected chi connectivity index (χ1v) is 4.18. The largest absolute Gasteiger partial charge is 0.120 e. The smallest absolute Gasteiger partial charge is 0.00576 e. The maximum Gasteiger partial charge on any atom is 0.00576 e. The van der Waals surface area contributed by atoms with Crippen molar-refractivity contribution in [2.45, 2.75) is 27.2 Å². The third-order valence-electron chi connectivity index (χ3n) is 1.63. The summed E-state index contributed by atoms with van der Waals surface area (Å²) < 4.78 is 0. The van der Waals surface area contributed by atoms with Crippen molar-refractivity contribution in [2.24, 2.45) is 0 Å². The van der Waals surface area contributed by atoms with Gasteiger partial charge >= 0.3 is 0 Å². The van der Waals surface area contributed by atoms with Crippen LogP contribution in [0.1, 0.15) is 24.5 Å². The van der Waals surface area contributed by atoms with Gasteiger partial charge in [0, 0.05) is 6.42 Å². The Hall–Kier alpha value is -1.22. The van der Waals surface area contributed by atoms with Crippen LogP contribution in [-0.2, 0) is 0 Å². The van der Waals surface area contributed by atoms with Gasteiger partial charge in [-0.3, -0.25) is 0 Å². The number of hydrogen-bond acceptors (Lipinski definition) is 0. The van der Waals surface area contributed by atoms with Crippen molar-refractivity contribution in [3.63, 3.8) is 0 Å². The molecule has 0 N–H and O–H groups in total. The van der Waals surface area contributed by atoms with Crippen molar-refractivity contribution in [2.75, 3.05) is 0 Å². The van der Waals surface area contributed by atoms with E-state index in [0.29, 0.717) is 0 Å². The molecule has 64 valence electrons. The van der Waals surface area contributed by atoms with Crippen LogP contribution in [0.4, 0.5) is 0 Å². The normalized spacial score (nSPS) is 7.83. The summed E-state index contributed by atoms with van der Waals surface area (Å²) in [7, 11) is 0. The maximum absolute atomic E-state index is 4.78. The lowest BCUT2D eigenvalue weighted by atomic mass is 10.1. The molecule has 1 aromatic rings. The molecule has 1 rings (SSSR count). The SMILES string of the molecule is C#CCC.Cc1ccccc1C. The number of aryl methyl sites for hydroxylation is 2. The molecule has 0 bridgehead atoms. The third-order valence-corrected chi connectivity index (χ3v) is 1.63. The Kier molecular flexibility index (Phi) is 5.83. The highest BCUT2D eigenvalue weighted by molar-refractivity contribution is 5.23. The van der Waals surface area contributed by atoms with Crippen LogP contribution < -0.4 is 0 Å². The van der Waals surface area contributed by atoms with Gasteiger partial charge in [0.05, 0.1) is 0 Å². The summed E-state index contributed by atoms with van der Waals surface area (Å²) in [6.07, 6.45) is 5.62. The van der Waals surface area contributed by atoms with Gasteiger partial charge in [-0.15, -0.1) is 12.3 Å². The van der Waals surface area contributed by atoms with Gasteiger partial charge in [-0.1, -0.05) is 31.2 Å². The monoisotopic (exact) mass is 160 g/mol. The molecule has 0 aromatic heterocycles. The fourth-order valence-electron chi connectivity index (χ4n) is 0.663. The average Bonchev–Trinajstić information content (AvgIpc) is 2.11. The lowest BCUT2D eigenvalue weighted by Crippen LogP contribution is -1.74. The molecular weight excluding hydrogens is 144 g/mol. The molecule has 0 heteroatoms. The van der Waals surface area contributed by atoms with Crippen molar-refractivity contribution in [3.05, 3.63) is 35.4 Å². The lowest BCUT2D eigenvalue weighted by molar-refractivity contribution is 1.28. The van der Waals surface area contributed by atoms with Gasteiger partial charge in [0.25, 0.3) is 0 Å². The standard InChI is InChI=1S/C8H10.C4H6/c1-7-5-3-4-6-8(7)2;1-3-4-2/h3-6H,1-2H3;1H,4H2,2H3. The molecule has 0 heterocycles. The second-order valence-corrected chi connectivity index (χ2v) is 2.64. The Balaban J connectivity index is 0.000000261. The minimum Gasteiger partial charge on any atom is -0.120 e. The van der Waals surface area contributed by atoms with E-state index in [1.54, 1.807) is 0 Å². The van der Waals surface area contributed by atoms with Gasteiger partial charge in [-0.2, -0.15) is 0 Å². The van der Waals surface area contributed by atoms with E-state index in [2.05, 4.69) is 44.0 Å². The highest BCUT2D eigenvalue weighted by Crippen LogP contribution is 2.02. The first-order chi connectivity index (χ1) is 5.72. The zero-order chi connectivity index (χ0) is 9.40. The van der Waals surface area contributed by atoms with E-state index in [4.69, 9.17) is 6.42 Å². The molecule has 0 fully saturated rings. The molecule has 0 unspecified atom stereocenters. The van der Waals surface area contributed by atoms with Crippen molar-refractivity contribution in [3.8, 4) is 12.3 Å². The Morgan fingerprint density at radius 1 is 1.17 bits per heavy atom. The van der Waals surface area contributed by atoms with E-state index in [9.17, 15) is 0 Å². The number of terminal acetylenes is 1. The zero-order valence-corrected chi connectivity index (χ0v) is 8.09. The summed E-state index contributed by atoms with van der Waals surface area (Å²) in [5.41, 5.74) is 2.74. The predicted octanol–water partition coefficient (Wildman–Crippen LogP) is 3.33. The second-order valence-electron chi connectivity index (χ2n) is 2.64. The number of benzene rings is 1. The Labute approximate surface area is 75.6 Å². The van der Waals surface area contributed by atoms with Crippen molar-refractivity contribution in [1.82, 2.24) is 0 Å². The first kappa shape index (κ1) is 10.8. The first-order valence-electron chi connectivity index (χ1n) is 4.18. The fraction of sp³-hybridized carbons (Fsp3) is 0.333. The van der Waals surface area contributed by atoms with Crippen LogP contribution in [0.2, 0.25) is 0 Å². The molecule has 1 aromatic carbocycles.